The van der Waals surface area contributed by atoms with Crippen LogP contribution < -0.4 is 10.6 Å². The van der Waals surface area contributed by atoms with Crippen LogP contribution in [0.4, 0.5) is 10.3 Å². The van der Waals surface area contributed by atoms with Crippen LogP contribution in [0.3, 0.4) is 0 Å². The molecule has 3 atom stereocenters. The van der Waals surface area contributed by atoms with Crippen molar-refractivity contribution in [3.05, 3.63) is 36.2 Å². The van der Waals surface area contributed by atoms with E-state index in [1.807, 2.05) is 27.1 Å². The van der Waals surface area contributed by atoms with E-state index in [2.05, 4.69) is 41.2 Å². The maximum absolute atomic E-state index is 15.3. The van der Waals surface area contributed by atoms with Gasteiger partial charge in [-0.1, -0.05) is 0 Å². The standard InChI is InChI=1S/C26H34FN7O/c1-15(14-35-4)31-26-30-13-21-20(12-29-25(21)33-26)17-10-22(27)24-23(11-17)34(16(2)32-24)19-7-5-6-18(28-3)8-9-19/h10-13,15,18-19,28H,5-9,14H2,1-4H3,(H2,29,30,31,33)/t15-,18-,19?/m0/s1. The van der Waals surface area contributed by atoms with Crippen LogP contribution in [0, 0.1) is 12.7 Å². The van der Waals surface area contributed by atoms with Crippen LogP contribution in [0.1, 0.15) is 50.9 Å². The number of hydrogen-bond donors (Lipinski definition) is 3. The Morgan fingerprint density at radius 2 is 2.09 bits per heavy atom. The van der Waals surface area contributed by atoms with E-state index in [0.29, 0.717) is 35.8 Å². The molecule has 1 aliphatic rings. The van der Waals surface area contributed by atoms with Crippen molar-refractivity contribution in [1.29, 1.82) is 0 Å². The molecule has 1 unspecified atom stereocenters. The molecule has 0 saturated heterocycles. The summed E-state index contributed by atoms with van der Waals surface area (Å²) in [6.07, 6.45) is 9.23. The van der Waals surface area contributed by atoms with Crippen LogP contribution in [-0.4, -0.2) is 57.4 Å². The highest BCUT2D eigenvalue weighted by Gasteiger charge is 2.24. The van der Waals surface area contributed by atoms with Gasteiger partial charge in [-0.15, -0.1) is 0 Å². The van der Waals surface area contributed by atoms with Crippen molar-refractivity contribution in [3.8, 4) is 11.1 Å². The highest BCUT2D eigenvalue weighted by molar-refractivity contribution is 5.96. The van der Waals surface area contributed by atoms with E-state index >= 15 is 4.39 Å². The molecule has 3 N–H and O–H groups in total. The van der Waals surface area contributed by atoms with E-state index in [-0.39, 0.29) is 11.9 Å². The number of aromatic nitrogens is 5. The first kappa shape index (κ1) is 23.7. The molecule has 3 aromatic heterocycles. The van der Waals surface area contributed by atoms with Gasteiger partial charge in [0.15, 0.2) is 5.82 Å². The van der Waals surface area contributed by atoms with Gasteiger partial charge in [0.2, 0.25) is 5.95 Å². The predicted molar refractivity (Wildman–Crippen MR) is 137 cm³/mol. The van der Waals surface area contributed by atoms with Gasteiger partial charge >= 0.3 is 0 Å². The minimum Gasteiger partial charge on any atom is -0.383 e. The average molecular weight is 480 g/mol. The Balaban J connectivity index is 1.52. The molecule has 8 nitrogen and oxygen atoms in total. The zero-order valence-corrected chi connectivity index (χ0v) is 20.9. The molecule has 0 bridgehead atoms. The molecule has 186 valence electrons. The third-order valence-corrected chi connectivity index (χ3v) is 7.17. The molecule has 1 aromatic carbocycles. The van der Waals surface area contributed by atoms with Crippen molar-refractivity contribution in [3.63, 3.8) is 0 Å². The van der Waals surface area contributed by atoms with Crippen LogP contribution in [0.2, 0.25) is 0 Å². The van der Waals surface area contributed by atoms with Gasteiger partial charge in [-0.25, -0.2) is 14.4 Å². The van der Waals surface area contributed by atoms with Gasteiger partial charge in [0, 0.05) is 48.6 Å². The zero-order chi connectivity index (χ0) is 24.5. The van der Waals surface area contributed by atoms with E-state index in [1.54, 1.807) is 19.4 Å². The van der Waals surface area contributed by atoms with Crippen LogP contribution in [0.15, 0.2) is 24.5 Å². The summed E-state index contributed by atoms with van der Waals surface area (Å²) in [6.45, 7) is 4.55. The molecule has 1 saturated carbocycles. The summed E-state index contributed by atoms with van der Waals surface area (Å²) in [5.41, 5.74) is 3.66. The topological polar surface area (TPSA) is 92.7 Å². The predicted octanol–water partition coefficient (Wildman–Crippen LogP) is 4.96. The van der Waals surface area contributed by atoms with Crippen molar-refractivity contribution in [2.45, 2.75) is 64.1 Å². The molecule has 5 rings (SSSR count). The van der Waals surface area contributed by atoms with Gasteiger partial charge in [0.25, 0.3) is 0 Å². The molecule has 9 heteroatoms. The second kappa shape index (κ2) is 9.91. The second-order valence-electron chi connectivity index (χ2n) is 9.66. The smallest absolute Gasteiger partial charge is 0.224 e. The first-order valence-electron chi connectivity index (χ1n) is 12.4. The molecule has 0 aliphatic heterocycles. The van der Waals surface area contributed by atoms with Crippen LogP contribution in [0.25, 0.3) is 33.2 Å². The number of H-pyrrole nitrogens is 1. The van der Waals surface area contributed by atoms with Crippen molar-refractivity contribution in [2.75, 3.05) is 26.1 Å². The lowest BCUT2D eigenvalue weighted by Gasteiger charge is -2.20. The van der Waals surface area contributed by atoms with E-state index in [0.717, 1.165) is 53.5 Å². The number of aryl methyl sites for hydroxylation is 1. The number of methoxy groups -OCH3 is 1. The molecule has 1 fully saturated rings. The Hall–Kier alpha value is -3.04. The fraction of sp³-hybridized carbons (Fsp3) is 0.500. The number of halogens is 1. The number of aromatic amines is 1. The lowest BCUT2D eigenvalue weighted by molar-refractivity contribution is 0.190. The first-order chi connectivity index (χ1) is 17.0. The van der Waals surface area contributed by atoms with Crippen LogP contribution >= 0.6 is 0 Å². The van der Waals surface area contributed by atoms with Crippen molar-refractivity contribution in [2.24, 2.45) is 0 Å². The normalized spacial score (nSPS) is 19.8. The quantitative estimate of drug-likeness (QED) is 0.325. The van der Waals surface area contributed by atoms with Crippen molar-refractivity contribution < 1.29 is 9.13 Å². The minimum atomic E-state index is -0.303. The molecule has 1 aliphatic carbocycles. The summed E-state index contributed by atoms with van der Waals surface area (Å²) >= 11 is 0. The Morgan fingerprint density at radius 1 is 1.23 bits per heavy atom. The Morgan fingerprint density at radius 3 is 2.89 bits per heavy atom. The number of nitrogens with zero attached hydrogens (tertiary/aromatic N) is 4. The average Bonchev–Trinajstić information content (AvgIpc) is 3.31. The van der Waals surface area contributed by atoms with Crippen molar-refractivity contribution in [1.82, 2.24) is 29.8 Å². The highest BCUT2D eigenvalue weighted by Crippen LogP contribution is 2.36. The summed E-state index contributed by atoms with van der Waals surface area (Å²) in [5, 5.41) is 7.51. The molecule has 0 amide bonds. The number of nitrogens with one attached hydrogen (secondary N) is 3. The SMILES string of the molecule is CN[C@H]1CCCC(n2c(C)nc3c(F)cc(-c4c[nH]c5nc(N[C@@H](C)COC)ncc45)cc32)CC1. The Bertz CT molecular complexity index is 1330. The molecular formula is C26H34FN7O. The van der Waals surface area contributed by atoms with Gasteiger partial charge in [-0.05, 0) is 70.7 Å². The number of hydrogen-bond acceptors (Lipinski definition) is 6. The maximum atomic E-state index is 15.3. The summed E-state index contributed by atoms with van der Waals surface area (Å²) in [7, 11) is 3.70. The van der Waals surface area contributed by atoms with Crippen LogP contribution in [0.5, 0.6) is 0 Å². The summed E-state index contributed by atoms with van der Waals surface area (Å²) in [5.74, 6) is 1.09. The minimum absolute atomic E-state index is 0.0827. The van der Waals surface area contributed by atoms with Crippen LogP contribution in [-0.2, 0) is 4.74 Å². The van der Waals surface area contributed by atoms with Gasteiger partial charge in [-0.2, -0.15) is 4.98 Å². The highest BCUT2D eigenvalue weighted by atomic mass is 19.1. The molecule has 0 spiro atoms. The van der Waals surface area contributed by atoms with E-state index in [4.69, 9.17) is 4.74 Å². The Labute approximate surface area is 204 Å². The van der Waals surface area contributed by atoms with Gasteiger partial charge < -0.3 is 24.9 Å². The lowest BCUT2D eigenvalue weighted by Crippen LogP contribution is -2.24. The lowest BCUT2D eigenvalue weighted by atomic mass is 10.0. The zero-order valence-electron chi connectivity index (χ0n) is 20.9. The summed E-state index contributed by atoms with van der Waals surface area (Å²) in [6, 6.07) is 4.58. The Kier molecular flexibility index (Phi) is 6.71. The number of benzene rings is 1. The number of fused-ring (bicyclic) bond motifs is 2. The monoisotopic (exact) mass is 479 g/mol. The van der Waals surface area contributed by atoms with Gasteiger partial charge in [0.1, 0.15) is 17.0 Å². The third kappa shape index (κ3) is 4.62. The van der Waals surface area contributed by atoms with E-state index in [9.17, 15) is 0 Å². The number of anilines is 1. The number of ether oxygens (including phenoxy) is 1. The fourth-order valence-electron chi connectivity index (χ4n) is 5.44. The van der Waals surface area contributed by atoms with Gasteiger partial charge in [-0.3, -0.25) is 0 Å². The van der Waals surface area contributed by atoms with Gasteiger partial charge in [0.05, 0.1) is 12.1 Å². The van der Waals surface area contributed by atoms with E-state index in [1.165, 1.54) is 6.42 Å². The summed E-state index contributed by atoms with van der Waals surface area (Å²) < 4.78 is 22.8. The molecule has 0 radical (unpaired) electrons. The molecule has 3 heterocycles. The molecule has 4 aromatic rings. The third-order valence-electron chi connectivity index (χ3n) is 7.17. The second-order valence-corrected chi connectivity index (χ2v) is 9.66. The maximum Gasteiger partial charge on any atom is 0.224 e. The molecule has 35 heavy (non-hydrogen) atoms. The van der Waals surface area contributed by atoms with Crippen molar-refractivity contribution >= 4 is 28.0 Å². The first-order valence-corrected chi connectivity index (χ1v) is 12.4. The number of rotatable bonds is 7. The van der Waals surface area contributed by atoms with E-state index < -0.39 is 0 Å². The summed E-state index contributed by atoms with van der Waals surface area (Å²) in [4.78, 5) is 16.9. The fourth-order valence-corrected chi connectivity index (χ4v) is 5.44. The largest absolute Gasteiger partial charge is 0.383 e. The molecular weight excluding hydrogens is 445 g/mol. The number of imidazole rings is 1.